The van der Waals surface area contributed by atoms with Crippen molar-refractivity contribution in [1.29, 1.82) is 0 Å². The standard InChI is InChI=1S/C67H114O32/c1-26(10-14-37(63(2,3)4)96-61-55(98-59-53(86)47(80)41(74)32(22-70)92-59)49(82)43(76)34(94-61)24-88-57-51(84)45(78)39(72)30(20-68)90-57)27-16-17-67(9)36-13-11-28-29(65(36,7)18-19-66(27,67)8)12-15-38(64(28,5)6)97-62-56(99-60-54(87)48(81)42(75)33(23-71)93-60)50(83)44(77)35(95-62)25-89-58-52(85)46(79)40(73)31(21-69)91-58/h11,26-27,29-62,68-87H,10,12-25H2,1-9H3. The second kappa shape index (κ2) is 31.3. The van der Waals surface area contributed by atoms with Gasteiger partial charge in [0.05, 0.1) is 51.8 Å². The fourth-order valence-corrected chi connectivity index (χ4v) is 18.6. The Morgan fingerprint density at radius 1 is 0.434 bits per heavy atom. The molecule has 574 valence electrons. The Hall–Kier alpha value is -1.54. The van der Waals surface area contributed by atoms with Crippen molar-refractivity contribution >= 4 is 0 Å². The third kappa shape index (κ3) is 15.0. The van der Waals surface area contributed by atoms with Gasteiger partial charge >= 0.3 is 0 Å². The van der Waals surface area contributed by atoms with Crippen LogP contribution in [0.5, 0.6) is 0 Å². The molecule has 39 atom stereocenters. The molecule has 6 aliphatic heterocycles. The predicted octanol–water partition coefficient (Wildman–Crippen LogP) is -5.28. The Morgan fingerprint density at radius 2 is 0.838 bits per heavy atom. The molecule has 4 aliphatic carbocycles. The zero-order valence-electron chi connectivity index (χ0n) is 57.8. The van der Waals surface area contributed by atoms with Crippen molar-refractivity contribution in [1.82, 2.24) is 0 Å². The number of hydrogen-bond donors (Lipinski definition) is 20. The second-order valence-corrected chi connectivity index (χ2v) is 32.2. The zero-order valence-corrected chi connectivity index (χ0v) is 57.8. The Labute approximate surface area is 575 Å². The number of aliphatic hydroxyl groups is 20. The summed E-state index contributed by atoms with van der Waals surface area (Å²) in [6, 6.07) is 0. The summed E-state index contributed by atoms with van der Waals surface area (Å²) >= 11 is 0. The first-order valence-corrected chi connectivity index (χ1v) is 35.2. The highest BCUT2D eigenvalue weighted by molar-refractivity contribution is 5.30. The molecule has 0 aromatic rings. The van der Waals surface area contributed by atoms with Crippen molar-refractivity contribution in [2.45, 2.75) is 317 Å². The Morgan fingerprint density at radius 3 is 1.28 bits per heavy atom. The third-order valence-corrected chi connectivity index (χ3v) is 25.1. The van der Waals surface area contributed by atoms with Crippen LogP contribution in [0.15, 0.2) is 11.6 Å². The summed E-state index contributed by atoms with van der Waals surface area (Å²) in [7, 11) is 0. The van der Waals surface area contributed by atoms with Gasteiger partial charge in [-0.05, 0) is 103 Å². The number of fused-ring (bicyclic) bond motifs is 5. The van der Waals surface area contributed by atoms with E-state index in [0.717, 1.165) is 32.1 Å². The first-order chi connectivity index (χ1) is 46.4. The fourth-order valence-electron chi connectivity index (χ4n) is 18.6. The molecule has 0 bridgehead atoms. The van der Waals surface area contributed by atoms with E-state index in [2.05, 4.69) is 47.6 Å². The van der Waals surface area contributed by atoms with Gasteiger partial charge in [-0.2, -0.15) is 0 Å². The van der Waals surface area contributed by atoms with Crippen molar-refractivity contribution in [3.05, 3.63) is 11.6 Å². The van der Waals surface area contributed by atoms with Gasteiger partial charge in [0.2, 0.25) is 0 Å². The average molecular weight is 1430 g/mol. The van der Waals surface area contributed by atoms with Gasteiger partial charge in [0.15, 0.2) is 37.7 Å². The quantitative estimate of drug-likeness (QED) is 0.0450. The molecule has 3 saturated carbocycles. The van der Waals surface area contributed by atoms with Gasteiger partial charge in [0, 0.05) is 5.41 Å². The van der Waals surface area contributed by atoms with E-state index in [0.29, 0.717) is 25.7 Å². The highest BCUT2D eigenvalue weighted by Gasteiger charge is 2.68. The summed E-state index contributed by atoms with van der Waals surface area (Å²) in [5.41, 5.74) is -0.558. The Balaban J connectivity index is 0.842. The van der Waals surface area contributed by atoms with E-state index in [1.54, 1.807) is 0 Å². The molecule has 20 N–H and O–H groups in total. The van der Waals surface area contributed by atoms with Crippen LogP contribution in [-0.4, -0.2) is 338 Å². The van der Waals surface area contributed by atoms with E-state index in [4.69, 9.17) is 56.8 Å². The largest absolute Gasteiger partial charge is 0.394 e. The van der Waals surface area contributed by atoms with E-state index in [9.17, 15) is 102 Å². The first kappa shape index (κ1) is 80.0. The molecule has 0 aromatic heterocycles. The summed E-state index contributed by atoms with van der Waals surface area (Å²) < 4.78 is 72.8. The molecule has 0 aromatic carbocycles. The van der Waals surface area contributed by atoms with Crippen LogP contribution in [-0.2, 0) is 56.8 Å². The Bertz CT molecular complexity index is 2630. The molecule has 6 heterocycles. The van der Waals surface area contributed by atoms with Crippen molar-refractivity contribution in [2.75, 3.05) is 39.6 Å². The monoisotopic (exact) mass is 1430 g/mol. The highest BCUT2D eigenvalue weighted by Crippen LogP contribution is 2.75. The van der Waals surface area contributed by atoms with Crippen LogP contribution in [0, 0.1) is 50.7 Å². The predicted molar refractivity (Wildman–Crippen MR) is 335 cm³/mol. The van der Waals surface area contributed by atoms with Crippen LogP contribution >= 0.6 is 0 Å². The van der Waals surface area contributed by atoms with Gasteiger partial charge in [-0.3, -0.25) is 0 Å². The van der Waals surface area contributed by atoms with Gasteiger partial charge in [-0.1, -0.05) is 74.0 Å². The molecule has 0 amide bonds. The molecule has 10 rings (SSSR count). The van der Waals surface area contributed by atoms with E-state index >= 15 is 0 Å². The van der Waals surface area contributed by atoms with E-state index in [-0.39, 0.29) is 39.9 Å². The van der Waals surface area contributed by atoms with Crippen LogP contribution in [0.2, 0.25) is 0 Å². The number of rotatable bonds is 22. The lowest BCUT2D eigenvalue weighted by Crippen LogP contribution is -2.66. The number of allylic oxidation sites excluding steroid dienone is 1. The van der Waals surface area contributed by atoms with Crippen LogP contribution in [0.1, 0.15) is 120 Å². The lowest BCUT2D eigenvalue weighted by Gasteiger charge is -2.66. The van der Waals surface area contributed by atoms with Crippen LogP contribution in [0.25, 0.3) is 0 Å². The van der Waals surface area contributed by atoms with Crippen molar-refractivity contribution in [2.24, 2.45) is 50.7 Å². The molecule has 32 nitrogen and oxygen atoms in total. The summed E-state index contributed by atoms with van der Waals surface area (Å²) in [5, 5.41) is 215. The molecule has 99 heavy (non-hydrogen) atoms. The molecule has 0 spiro atoms. The van der Waals surface area contributed by atoms with Crippen LogP contribution in [0.4, 0.5) is 0 Å². The molecule has 6 saturated heterocycles. The number of aliphatic hydroxyl groups excluding tert-OH is 20. The maximum Gasteiger partial charge on any atom is 0.187 e. The number of ether oxygens (including phenoxy) is 12. The molecule has 0 radical (unpaired) electrons. The van der Waals surface area contributed by atoms with Crippen LogP contribution in [0.3, 0.4) is 0 Å². The van der Waals surface area contributed by atoms with Crippen molar-refractivity contribution in [3.63, 3.8) is 0 Å². The Kier molecular flexibility index (Phi) is 25.3. The van der Waals surface area contributed by atoms with Gasteiger partial charge < -0.3 is 159 Å². The SMILES string of the molecule is CC(CCC(OC1OC(COC2OC(CO)C(O)C(O)C2O)C(O)C(O)C1OC1OC(CO)C(O)C(O)C1O)C(C)(C)C)C1CCC2(C)C3CC=C4C(CCC(OC5OC(COC6OC(CO)C(O)C(O)C6O)C(O)C(O)C5OC5OC(CO)C(O)C(O)C5O)C4(C)C)C3(C)CCC12C. The minimum absolute atomic E-state index is 0.114. The smallest absolute Gasteiger partial charge is 0.187 e. The van der Waals surface area contributed by atoms with Crippen LogP contribution < -0.4 is 0 Å². The van der Waals surface area contributed by atoms with E-state index in [1.165, 1.54) is 5.57 Å². The van der Waals surface area contributed by atoms with Gasteiger partial charge in [0.25, 0.3) is 0 Å². The summed E-state index contributed by atoms with van der Waals surface area (Å²) in [4.78, 5) is 0. The maximum atomic E-state index is 11.9. The van der Waals surface area contributed by atoms with Crippen molar-refractivity contribution in [3.8, 4) is 0 Å². The highest BCUT2D eigenvalue weighted by atomic mass is 16.8. The number of hydrogen-bond acceptors (Lipinski definition) is 32. The lowest BCUT2D eigenvalue weighted by atomic mass is 9.39. The molecule has 32 heteroatoms. The van der Waals surface area contributed by atoms with Gasteiger partial charge in [-0.15, -0.1) is 0 Å². The van der Waals surface area contributed by atoms with Gasteiger partial charge in [0.1, 0.15) is 146 Å². The van der Waals surface area contributed by atoms with Crippen molar-refractivity contribution < 1.29 is 159 Å². The maximum absolute atomic E-state index is 11.9. The lowest BCUT2D eigenvalue weighted by molar-refractivity contribution is -0.379. The summed E-state index contributed by atoms with van der Waals surface area (Å²) in [6.07, 6.45) is -42.5. The zero-order chi connectivity index (χ0) is 72.7. The van der Waals surface area contributed by atoms with E-state index in [1.807, 2.05) is 20.8 Å². The average Bonchev–Trinajstić information content (AvgIpc) is 1.64. The minimum Gasteiger partial charge on any atom is -0.394 e. The topological polar surface area (TPSA) is 515 Å². The first-order valence-electron chi connectivity index (χ1n) is 35.2. The molecule has 39 unspecified atom stereocenters. The summed E-state index contributed by atoms with van der Waals surface area (Å²) in [5.74, 6) is 0.784. The normalized spacial score (nSPS) is 51.7. The second-order valence-electron chi connectivity index (χ2n) is 32.2. The van der Waals surface area contributed by atoms with Gasteiger partial charge in [-0.25, -0.2) is 0 Å². The minimum atomic E-state index is -1.90. The fraction of sp³-hybridized carbons (Fsp3) is 0.970. The molecule has 10 aliphatic rings. The molecule has 9 fully saturated rings. The third-order valence-electron chi connectivity index (χ3n) is 25.1. The molecular weight excluding hydrogens is 1320 g/mol. The van der Waals surface area contributed by atoms with E-state index < -0.39 is 247 Å². The molecular formula is C67H114O32. The summed E-state index contributed by atoms with van der Waals surface area (Å²) in [6.45, 7) is 15.4.